The average Bonchev–Trinajstić information content (AvgIpc) is 3.03. The zero-order valence-corrected chi connectivity index (χ0v) is 13.6. The molecule has 1 aliphatic heterocycles. The highest BCUT2D eigenvalue weighted by Gasteiger charge is 2.15. The molecule has 3 rings (SSSR count). The lowest BCUT2D eigenvalue weighted by atomic mass is 10.1. The van der Waals surface area contributed by atoms with Gasteiger partial charge < -0.3 is 19.5 Å². The Kier molecular flexibility index (Phi) is 4.57. The van der Waals surface area contributed by atoms with E-state index in [4.69, 9.17) is 21.1 Å². The number of rotatable bonds is 4. The van der Waals surface area contributed by atoms with E-state index in [1.54, 1.807) is 18.2 Å². The van der Waals surface area contributed by atoms with E-state index in [1.165, 1.54) is 25.3 Å². The van der Waals surface area contributed by atoms with Crippen LogP contribution in [0.5, 0.6) is 11.5 Å². The smallest absolute Gasteiger partial charge is 0.337 e. The summed E-state index contributed by atoms with van der Waals surface area (Å²) in [6.45, 7) is 0.181. The molecule has 0 aromatic heterocycles. The fourth-order valence-corrected chi connectivity index (χ4v) is 2.46. The van der Waals surface area contributed by atoms with Crippen molar-refractivity contribution in [3.63, 3.8) is 0 Å². The van der Waals surface area contributed by atoms with Crippen molar-refractivity contribution in [1.82, 2.24) is 0 Å². The lowest BCUT2D eigenvalue weighted by molar-refractivity contribution is -0.115. The number of amides is 1. The third kappa shape index (κ3) is 3.44. The van der Waals surface area contributed by atoms with E-state index in [0.717, 1.165) is 5.56 Å². The maximum Gasteiger partial charge on any atom is 0.337 e. The molecule has 0 unspecified atom stereocenters. The molecule has 0 radical (unpaired) electrons. The summed E-state index contributed by atoms with van der Waals surface area (Å²) in [7, 11) is 1.29. The Morgan fingerprint density at radius 1 is 1.17 bits per heavy atom. The molecule has 1 amide bonds. The highest BCUT2D eigenvalue weighted by Crippen LogP contribution is 2.32. The number of methoxy groups -OCH3 is 1. The van der Waals surface area contributed by atoms with Gasteiger partial charge in [-0.1, -0.05) is 17.7 Å². The van der Waals surface area contributed by atoms with Gasteiger partial charge in [0.25, 0.3) is 0 Å². The van der Waals surface area contributed by atoms with Crippen molar-refractivity contribution in [2.24, 2.45) is 0 Å². The average molecular weight is 348 g/mol. The first-order valence-corrected chi connectivity index (χ1v) is 7.51. The van der Waals surface area contributed by atoms with Crippen molar-refractivity contribution >= 4 is 29.2 Å². The Balaban J connectivity index is 1.72. The predicted molar refractivity (Wildman–Crippen MR) is 87.7 cm³/mol. The minimum atomic E-state index is -0.502. The number of benzene rings is 2. The maximum atomic E-state index is 12.2. The second-order valence-electron chi connectivity index (χ2n) is 5.10. The van der Waals surface area contributed by atoms with Crippen molar-refractivity contribution in [3.05, 3.63) is 52.5 Å². The van der Waals surface area contributed by atoms with Gasteiger partial charge in [0.05, 0.1) is 29.8 Å². The van der Waals surface area contributed by atoms with Crippen LogP contribution in [0, 0.1) is 0 Å². The molecule has 1 heterocycles. The SMILES string of the molecule is COC(=O)c1ccc(Cl)c(NC(=O)Cc2ccc3c(c2)OCO3)c1. The first kappa shape index (κ1) is 16.1. The number of hydrogen-bond acceptors (Lipinski definition) is 5. The van der Waals surface area contributed by atoms with Crippen LogP contribution in [0.4, 0.5) is 5.69 Å². The lowest BCUT2D eigenvalue weighted by Gasteiger charge is -2.09. The number of hydrogen-bond donors (Lipinski definition) is 1. The first-order chi connectivity index (χ1) is 11.6. The summed E-state index contributed by atoms with van der Waals surface area (Å²) in [5.74, 6) is 0.509. The highest BCUT2D eigenvalue weighted by molar-refractivity contribution is 6.33. The Hall–Kier alpha value is -2.73. The summed E-state index contributed by atoms with van der Waals surface area (Å²) < 4.78 is 15.2. The van der Waals surface area contributed by atoms with E-state index in [9.17, 15) is 9.59 Å². The van der Waals surface area contributed by atoms with E-state index in [2.05, 4.69) is 10.1 Å². The second kappa shape index (κ2) is 6.80. The van der Waals surface area contributed by atoms with Gasteiger partial charge in [-0.15, -0.1) is 0 Å². The number of anilines is 1. The Morgan fingerprint density at radius 3 is 2.75 bits per heavy atom. The van der Waals surface area contributed by atoms with Crippen LogP contribution in [0.25, 0.3) is 0 Å². The second-order valence-corrected chi connectivity index (χ2v) is 5.51. The van der Waals surface area contributed by atoms with Gasteiger partial charge in [-0.2, -0.15) is 0 Å². The molecule has 0 aliphatic carbocycles. The highest BCUT2D eigenvalue weighted by atomic mass is 35.5. The summed E-state index contributed by atoms with van der Waals surface area (Å²) in [5, 5.41) is 3.03. The molecule has 0 atom stereocenters. The largest absolute Gasteiger partial charge is 0.465 e. The van der Waals surface area contributed by atoms with Crippen LogP contribution in [0.1, 0.15) is 15.9 Å². The van der Waals surface area contributed by atoms with Crippen LogP contribution in [-0.4, -0.2) is 25.8 Å². The van der Waals surface area contributed by atoms with Crippen molar-refractivity contribution in [2.45, 2.75) is 6.42 Å². The van der Waals surface area contributed by atoms with E-state index < -0.39 is 5.97 Å². The molecule has 2 aromatic rings. The molecule has 0 saturated carbocycles. The van der Waals surface area contributed by atoms with Gasteiger partial charge >= 0.3 is 5.97 Å². The molecular weight excluding hydrogens is 334 g/mol. The van der Waals surface area contributed by atoms with E-state index in [0.29, 0.717) is 27.8 Å². The number of esters is 1. The van der Waals surface area contributed by atoms with E-state index in [1.807, 2.05) is 0 Å². The monoisotopic (exact) mass is 347 g/mol. The number of halogens is 1. The van der Waals surface area contributed by atoms with Crippen LogP contribution in [0.3, 0.4) is 0 Å². The van der Waals surface area contributed by atoms with Gasteiger partial charge in [-0.3, -0.25) is 4.79 Å². The maximum absolute atomic E-state index is 12.2. The Morgan fingerprint density at radius 2 is 1.96 bits per heavy atom. The van der Waals surface area contributed by atoms with Crippen molar-refractivity contribution in [1.29, 1.82) is 0 Å². The summed E-state index contributed by atoms with van der Waals surface area (Å²) >= 11 is 6.06. The topological polar surface area (TPSA) is 73.9 Å². The van der Waals surface area contributed by atoms with Gasteiger partial charge in [0.2, 0.25) is 12.7 Å². The minimum Gasteiger partial charge on any atom is -0.465 e. The fraction of sp³-hybridized carbons (Fsp3) is 0.176. The van der Waals surface area contributed by atoms with Crippen LogP contribution < -0.4 is 14.8 Å². The molecule has 6 nitrogen and oxygen atoms in total. The molecule has 0 spiro atoms. The van der Waals surface area contributed by atoms with Gasteiger partial charge in [0.1, 0.15) is 0 Å². The van der Waals surface area contributed by atoms with Crippen molar-refractivity contribution < 1.29 is 23.8 Å². The molecule has 7 heteroatoms. The van der Waals surface area contributed by atoms with Gasteiger partial charge in [-0.25, -0.2) is 4.79 Å². The molecule has 24 heavy (non-hydrogen) atoms. The zero-order valence-electron chi connectivity index (χ0n) is 12.8. The zero-order chi connectivity index (χ0) is 17.1. The van der Waals surface area contributed by atoms with Crippen molar-refractivity contribution in [3.8, 4) is 11.5 Å². The molecule has 0 saturated heterocycles. The number of ether oxygens (including phenoxy) is 3. The number of nitrogens with one attached hydrogen (secondary N) is 1. The molecule has 1 aliphatic rings. The Labute approximate surface area is 143 Å². The third-order valence-electron chi connectivity index (χ3n) is 3.46. The van der Waals surface area contributed by atoms with Crippen LogP contribution in [-0.2, 0) is 16.0 Å². The number of carbonyl (C=O) groups excluding carboxylic acids is 2. The Bertz CT molecular complexity index is 806. The van der Waals surface area contributed by atoms with Gasteiger partial charge in [0, 0.05) is 0 Å². The van der Waals surface area contributed by atoms with Gasteiger partial charge in [0.15, 0.2) is 11.5 Å². The number of fused-ring (bicyclic) bond motifs is 1. The van der Waals surface area contributed by atoms with Crippen LogP contribution >= 0.6 is 11.6 Å². The van der Waals surface area contributed by atoms with Crippen LogP contribution in [0.2, 0.25) is 5.02 Å². The van der Waals surface area contributed by atoms with Crippen molar-refractivity contribution in [2.75, 3.05) is 19.2 Å². The summed E-state index contributed by atoms with van der Waals surface area (Å²) in [6.07, 6.45) is 0.134. The molecule has 1 N–H and O–H groups in total. The molecule has 2 aromatic carbocycles. The molecular formula is C17H14ClNO5. The third-order valence-corrected chi connectivity index (χ3v) is 3.79. The normalized spacial score (nSPS) is 11.9. The summed E-state index contributed by atoms with van der Waals surface area (Å²) in [5.41, 5.74) is 1.43. The predicted octanol–water partition coefficient (Wildman–Crippen LogP) is 3.04. The quantitative estimate of drug-likeness (QED) is 0.860. The van der Waals surface area contributed by atoms with E-state index >= 15 is 0 Å². The van der Waals surface area contributed by atoms with Crippen LogP contribution in [0.15, 0.2) is 36.4 Å². The van der Waals surface area contributed by atoms with Gasteiger partial charge in [-0.05, 0) is 35.9 Å². The molecule has 0 bridgehead atoms. The summed E-state index contributed by atoms with van der Waals surface area (Å²) in [4.78, 5) is 23.8. The lowest BCUT2D eigenvalue weighted by Crippen LogP contribution is -2.15. The standard InChI is InChI=1S/C17H14ClNO5/c1-22-17(21)11-3-4-12(18)13(8-11)19-16(20)7-10-2-5-14-15(6-10)24-9-23-14/h2-6,8H,7,9H2,1H3,(H,19,20). The minimum absolute atomic E-state index is 0.134. The molecule has 124 valence electrons. The molecule has 0 fully saturated rings. The number of carbonyl (C=O) groups is 2. The fourth-order valence-electron chi connectivity index (χ4n) is 2.30. The first-order valence-electron chi connectivity index (χ1n) is 7.13. The summed E-state index contributed by atoms with van der Waals surface area (Å²) in [6, 6.07) is 9.85. The van der Waals surface area contributed by atoms with E-state index in [-0.39, 0.29) is 19.1 Å².